The molecule has 2 heterocycles. The molecule has 0 radical (unpaired) electrons. The first-order chi connectivity index (χ1) is 8.66. The predicted octanol–water partition coefficient (Wildman–Crippen LogP) is 2.90. The van der Waals surface area contributed by atoms with Crippen LogP contribution in [0.15, 0.2) is 18.3 Å². The second-order valence-corrected chi connectivity index (χ2v) is 4.93. The topological polar surface area (TPSA) is 44.9 Å². The number of fused-ring (bicyclic) bond motifs is 1. The highest BCUT2D eigenvalue weighted by atomic mass is 35.5. The van der Waals surface area contributed by atoms with Gasteiger partial charge in [-0.1, -0.05) is 11.6 Å². The number of hydrogen-bond donors (Lipinski definition) is 2. The lowest BCUT2D eigenvalue weighted by Crippen LogP contribution is -2.30. The van der Waals surface area contributed by atoms with Crippen molar-refractivity contribution in [1.29, 1.82) is 0 Å². The number of carbonyl (C=O) groups is 1. The maximum absolute atomic E-state index is 13.3. The van der Waals surface area contributed by atoms with Crippen molar-refractivity contribution in [3.63, 3.8) is 0 Å². The molecule has 2 N–H and O–H groups in total. The van der Waals surface area contributed by atoms with Crippen LogP contribution >= 0.6 is 11.6 Å². The summed E-state index contributed by atoms with van der Waals surface area (Å²) in [7, 11) is 0. The normalized spacial score (nSPS) is 19.6. The minimum absolute atomic E-state index is 0.0375. The third-order valence-electron chi connectivity index (χ3n) is 3.36. The molecule has 1 aliphatic rings. The molecular formula is C13H12ClFN2O. The van der Waals surface area contributed by atoms with Crippen molar-refractivity contribution >= 4 is 28.3 Å². The summed E-state index contributed by atoms with van der Waals surface area (Å²) in [5.41, 5.74) is 1.17. The van der Waals surface area contributed by atoms with Gasteiger partial charge in [0.15, 0.2) is 5.78 Å². The van der Waals surface area contributed by atoms with E-state index in [1.54, 1.807) is 6.20 Å². The van der Waals surface area contributed by atoms with E-state index in [0.29, 0.717) is 16.5 Å². The van der Waals surface area contributed by atoms with E-state index in [0.717, 1.165) is 19.4 Å². The molecule has 1 fully saturated rings. The highest BCUT2D eigenvalue weighted by molar-refractivity contribution is 6.31. The van der Waals surface area contributed by atoms with Crippen molar-refractivity contribution < 1.29 is 9.18 Å². The molecule has 1 saturated heterocycles. The predicted molar refractivity (Wildman–Crippen MR) is 68.6 cm³/mol. The number of Topliss-reactive ketones (excluding diaryl/α,β-unsaturated/α-hetero) is 1. The monoisotopic (exact) mass is 266 g/mol. The minimum Gasteiger partial charge on any atom is -0.360 e. The lowest BCUT2D eigenvalue weighted by Gasteiger charge is -2.07. The van der Waals surface area contributed by atoms with Crippen LogP contribution < -0.4 is 5.32 Å². The molecule has 0 spiro atoms. The standard InChI is InChI=1S/C13H12ClFN2O/c14-9-4-7-8(6-17-12(7)5-10(9)15)13(18)11-2-1-3-16-11/h4-6,11,16-17H,1-3H2. The Bertz CT molecular complexity index is 617. The number of carbonyl (C=O) groups excluding carboxylic acids is 1. The average molecular weight is 267 g/mol. The highest BCUT2D eigenvalue weighted by Crippen LogP contribution is 2.26. The first kappa shape index (κ1) is 11.7. The zero-order chi connectivity index (χ0) is 12.7. The van der Waals surface area contributed by atoms with Crippen LogP contribution in [-0.4, -0.2) is 23.4 Å². The van der Waals surface area contributed by atoms with Crippen LogP contribution in [0.1, 0.15) is 23.2 Å². The second-order valence-electron chi connectivity index (χ2n) is 4.53. The van der Waals surface area contributed by atoms with Crippen LogP contribution in [-0.2, 0) is 0 Å². The van der Waals surface area contributed by atoms with Gasteiger partial charge >= 0.3 is 0 Å². The van der Waals surface area contributed by atoms with Crippen molar-refractivity contribution in [1.82, 2.24) is 10.3 Å². The van der Waals surface area contributed by atoms with Crippen LogP contribution in [0.3, 0.4) is 0 Å². The van der Waals surface area contributed by atoms with Crippen molar-refractivity contribution in [3.8, 4) is 0 Å². The zero-order valence-corrected chi connectivity index (χ0v) is 10.4. The Hall–Kier alpha value is -1.39. The highest BCUT2D eigenvalue weighted by Gasteiger charge is 2.25. The molecule has 1 unspecified atom stereocenters. The third kappa shape index (κ3) is 1.82. The molecule has 5 heteroatoms. The number of rotatable bonds is 2. The Balaban J connectivity index is 2.06. The summed E-state index contributed by atoms with van der Waals surface area (Å²) < 4.78 is 13.3. The van der Waals surface area contributed by atoms with Gasteiger partial charge in [0, 0.05) is 22.7 Å². The van der Waals surface area contributed by atoms with Crippen molar-refractivity contribution in [3.05, 3.63) is 34.7 Å². The number of halogens is 2. The van der Waals surface area contributed by atoms with Gasteiger partial charge in [0.25, 0.3) is 0 Å². The maximum atomic E-state index is 13.3. The summed E-state index contributed by atoms with van der Waals surface area (Å²) in [6, 6.07) is 2.69. The molecule has 3 nitrogen and oxygen atoms in total. The number of benzene rings is 1. The van der Waals surface area contributed by atoms with E-state index in [2.05, 4.69) is 10.3 Å². The van der Waals surface area contributed by atoms with Crippen LogP contribution in [0.4, 0.5) is 4.39 Å². The van der Waals surface area contributed by atoms with Gasteiger partial charge in [-0.2, -0.15) is 0 Å². The Kier molecular flexibility index (Phi) is 2.84. The van der Waals surface area contributed by atoms with Gasteiger partial charge in [-0.25, -0.2) is 4.39 Å². The van der Waals surface area contributed by atoms with E-state index in [-0.39, 0.29) is 16.8 Å². The Morgan fingerprint density at radius 3 is 3.00 bits per heavy atom. The van der Waals surface area contributed by atoms with Gasteiger partial charge in [0.2, 0.25) is 0 Å². The smallest absolute Gasteiger partial charge is 0.181 e. The molecule has 0 amide bonds. The fourth-order valence-corrected chi connectivity index (χ4v) is 2.58. The summed E-state index contributed by atoms with van der Waals surface area (Å²) in [5.74, 6) is -0.439. The Morgan fingerprint density at radius 2 is 2.28 bits per heavy atom. The van der Waals surface area contributed by atoms with Gasteiger partial charge < -0.3 is 10.3 Å². The zero-order valence-electron chi connectivity index (χ0n) is 9.59. The SMILES string of the molecule is O=C(c1c[nH]c2cc(F)c(Cl)cc12)C1CCCN1. The molecular weight excluding hydrogens is 255 g/mol. The van der Waals surface area contributed by atoms with Gasteiger partial charge in [-0.15, -0.1) is 0 Å². The number of ketones is 1. The summed E-state index contributed by atoms with van der Waals surface area (Å²) in [6.07, 6.45) is 3.48. The van der Waals surface area contributed by atoms with E-state index in [9.17, 15) is 9.18 Å². The number of aromatic nitrogens is 1. The van der Waals surface area contributed by atoms with Crippen molar-refractivity contribution in [2.75, 3.05) is 6.54 Å². The third-order valence-corrected chi connectivity index (χ3v) is 3.65. The molecule has 1 aromatic carbocycles. The molecule has 0 aliphatic carbocycles. The minimum atomic E-state index is -0.482. The molecule has 0 saturated carbocycles. The van der Waals surface area contributed by atoms with Crippen LogP contribution in [0.5, 0.6) is 0 Å². The molecule has 2 aromatic rings. The van der Waals surface area contributed by atoms with E-state index in [1.807, 2.05) is 0 Å². The summed E-state index contributed by atoms with van der Waals surface area (Å²) in [5, 5.41) is 3.88. The maximum Gasteiger partial charge on any atom is 0.181 e. The van der Waals surface area contributed by atoms with Crippen molar-refractivity contribution in [2.24, 2.45) is 0 Å². The number of hydrogen-bond acceptors (Lipinski definition) is 2. The molecule has 3 rings (SSSR count). The fourth-order valence-electron chi connectivity index (χ4n) is 2.42. The fraction of sp³-hybridized carbons (Fsp3) is 0.308. The van der Waals surface area contributed by atoms with Crippen molar-refractivity contribution in [2.45, 2.75) is 18.9 Å². The lowest BCUT2D eigenvalue weighted by atomic mass is 10.0. The number of nitrogens with one attached hydrogen (secondary N) is 2. The van der Waals surface area contributed by atoms with E-state index in [4.69, 9.17) is 11.6 Å². The summed E-state index contributed by atoms with van der Waals surface area (Å²) in [6.45, 7) is 0.869. The van der Waals surface area contributed by atoms with E-state index < -0.39 is 5.82 Å². The number of H-pyrrole nitrogens is 1. The molecule has 0 bridgehead atoms. The first-order valence-electron chi connectivity index (χ1n) is 5.90. The summed E-state index contributed by atoms with van der Waals surface area (Å²) >= 11 is 5.77. The molecule has 1 aromatic heterocycles. The quantitative estimate of drug-likeness (QED) is 0.821. The van der Waals surface area contributed by atoms with E-state index >= 15 is 0 Å². The lowest BCUT2D eigenvalue weighted by molar-refractivity contribution is 0.0954. The average Bonchev–Trinajstić information content (AvgIpc) is 2.98. The first-order valence-corrected chi connectivity index (χ1v) is 6.28. The summed E-state index contributed by atoms with van der Waals surface area (Å²) in [4.78, 5) is 15.2. The van der Waals surface area contributed by atoms with Gasteiger partial charge in [-0.3, -0.25) is 4.79 Å². The van der Waals surface area contributed by atoms with Gasteiger partial charge in [-0.05, 0) is 31.5 Å². The van der Waals surface area contributed by atoms with Gasteiger partial charge in [0.05, 0.1) is 11.1 Å². The molecule has 1 aliphatic heterocycles. The van der Waals surface area contributed by atoms with Crippen LogP contribution in [0.25, 0.3) is 10.9 Å². The van der Waals surface area contributed by atoms with E-state index in [1.165, 1.54) is 12.1 Å². The largest absolute Gasteiger partial charge is 0.360 e. The molecule has 94 valence electrons. The Labute approximate surface area is 108 Å². The van der Waals surface area contributed by atoms with Gasteiger partial charge in [0.1, 0.15) is 5.82 Å². The van der Waals surface area contributed by atoms with Crippen LogP contribution in [0.2, 0.25) is 5.02 Å². The Morgan fingerprint density at radius 1 is 1.44 bits per heavy atom. The van der Waals surface area contributed by atoms with Crippen LogP contribution in [0, 0.1) is 5.82 Å². The molecule has 1 atom stereocenters. The second kappa shape index (κ2) is 4.37. The molecule has 18 heavy (non-hydrogen) atoms. The number of aromatic amines is 1.